The van der Waals surface area contributed by atoms with Crippen LogP contribution in [0.5, 0.6) is 0 Å². The molecule has 0 fully saturated rings. The van der Waals surface area contributed by atoms with Gasteiger partial charge in [0, 0.05) is 24.7 Å². The van der Waals surface area contributed by atoms with Crippen molar-refractivity contribution in [3.8, 4) is 0 Å². The topological polar surface area (TPSA) is 26.3 Å². The van der Waals surface area contributed by atoms with Gasteiger partial charge in [-0.05, 0) is 12.3 Å². The van der Waals surface area contributed by atoms with Crippen LogP contribution in [0, 0.1) is 11.8 Å². The average molecular weight is 234 g/mol. The fourth-order valence-electron chi connectivity index (χ4n) is 1.60. The Bertz CT molecular complexity index is 330. The van der Waals surface area contributed by atoms with Gasteiger partial charge in [-0.3, -0.25) is 4.79 Å². The molecule has 0 spiro atoms. The van der Waals surface area contributed by atoms with Crippen LogP contribution in [-0.4, -0.2) is 19.0 Å². The van der Waals surface area contributed by atoms with E-state index in [4.69, 9.17) is 4.74 Å². The molecule has 0 bridgehead atoms. The number of Topliss-reactive ketones (excluding diaryl/α,β-unsaturated/α-hetero) is 1. The number of carbonyl (C=O) groups excluding carboxylic acids is 1. The summed E-state index contributed by atoms with van der Waals surface area (Å²) < 4.78 is 5.50. The summed E-state index contributed by atoms with van der Waals surface area (Å²) in [4.78, 5) is 12.0. The number of benzene rings is 1. The highest BCUT2D eigenvalue weighted by Gasteiger charge is 2.14. The van der Waals surface area contributed by atoms with Gasteiger partial charge < -0.3 is 4.74 Å². The second-order valence-corrected chi connectivity index (χ2v) is 4.89. The zero-order chi connectivity index (χ0) is 12.7. The van der Waals surface area contributed by atoms with E-state index in [1.54, 1.807) is 0 Å². The van der Waals surface area contributed by atoms with Gasteiger partial charge in [0.25, 0.3) is 0 Å². The van der Waals surface area contributed by atoms with Crippen LogP contribution >= 0.6 is 0 Å². The number of hydrogen-bond donors (Lipinski definition) is 0. The van der Waals surface area contributed by atoms with Crippen LogP contribution in [0.1, 0.15) is 37.6 Å². The third-order valence-corrected chi connectivity index (χ3v) is 2.65. The fraction of sp³-hybridized carbons (Fsp3) is 0.533. The maximum absolute atomic E-state index is 12.0. The van der Waals surface area contributed by atoms with Crippen molar-refractivity contribution in [1.29, 1.82) is 0 Å². The molecule has 0 saturated carbocycles. The lowest BCUT2D eigenvalue weighted by Crippen LogP contribution is -2.14. The van der Waals surface area contributed by atoms with E-state index in [-0.39, 0.29) is 11.7 Å². The summed E-state index contributed by atoms with van der Waals surface area (Å²) in [6.07, 6.45) is 0.792. The van der Waals surface area contributed by atoms with Crippen molar-refractivity contribution in [3.63, 3.8) is 0 Å². The summed E-state index contributed by atoms with van der Waals surface area (Å²) >= 11 is 0. The normalized spacial score (nSPS) is 12.7. The molecule has 0 aliphatic carbocycles. The van der Waals surface area contributed by atoms with E-state index in [9.17, 15) is 4.79 Å². The van der Waals surface area contributed by atoms with Crippen LogP contribution in [0.4, 0.5) is 0 Å². The molecule has 1 atom stereocenters. The second kappa shape index (κ2) is 7.23. The minimum absolute atomic E-state index is 0.0320. The third kappa shape index (κ3) is 5.14. The van der Waals surface area contributed by atoms with Gasteiger partial charge >= 0.3 is 0 Å². The van der Waals surface area contributed by atoms with E-state index in [1.807, 2.05) is 37.3 Å². The van der Waals surface area contributed by atoms with E-state index in [1.165, 1.54) is 0 Å². The Morgan fingerprint density at radius 2 is 1.82 bits per heavy atom. The molecule has 1 aromatic carbocycles. The van der Waals surface area contributed by atoms with Crippen molar-refractivity contribution in [2.75, 3.05) is 13.2 Å². The highest BCUT2D eigenvalue weighted by Crippen LogP contribution is 2.12. The molecule has 0 aliphatic rings. The Morgan fingerprint density at radius 1 is 1.18 bits per heavy atom. The van der Waals surface area contributed by atoms with Gasteiger partial charge in [0.05, 0.1) is 0 Å². The number of ether oxygens (including phenoxy) is 1. The third-order valence-electron chi connectivity index (χ3n) is 2.65. The van der Waals surface area contributed by atoms with Crippen LogP contribution in [0.25, 0.3) is 0 Å². The summed E-state index contributed by atoms with van der Waals surface area (Å²) in [7, 11) is 0. The van der Waals surface area contributed by atoms with E-state index < -0.39 is 0 Å². The molecule has 0 aliphatic heterocycles. The SMILES string of the molecule is CC(C)COCCC(C)C(=O)c1ccccc1. The predicted octanol–water partition coefficient (Wildman–Crippen LogP) is 3.57. The van der Waals surface area contributed by atoms with Crippen molar-refractivity contribution in [1.82, 2.24) is 0 Å². The molecule has 0 amide bonds. The molecule has 0 aromatic heterocycles. The van der Waals surface area contributed by atoms with Crippen molar-refractivity contribution in [2.45, 2.75) is 27.2 Å². The van der Waals surface area contributed by atoms with Gasteiger partial charge in [-0.2, -0.15) is 0 Å². The summed E-state index contributed by atoms with van der Waals surface area (Å²) in [6.45, 7) is 7.65. The van der Waals surface area contributed by atoms with E-state index >= 15 is 0 Å². The van der Waals surface area contributed by atoms with Crippen molar-refractivity contribution >= 4 is 5.78 Å². The quantitative estimate of drug-likeness (QED) is 0.532. The molecule has 1 unspecified atom stereocenters. The molecular formula is C15H22O2. The molecule has 17 heavy (non-hydrogen) atoms. The van der Waals surface area contributed by atoms with Gasteiger partial charge in [0.1, 0.15) is 0 Å². The lowest BCUT2D eigenvalue weighted by Gasteiger charge is -2.11. The van der Waals surface area contributed by atoms with Gasteiger partial charge in [0.15, 0.2) is 5.78 Å². The molecule has 1 aromatic rings. The molecule has 0 saturated heterocycles. The van der Waals surface area contributed by atoms with Gasteiger partial charge in [-0.1, -0.05) is 51.1 Å². The first-order chi connectivity index (χ1) is 8.11. The minimum Gasteiger partial charge on any atom is -0.381 e. The molecule has 0 N–H and O–H groups in total. The largest absolute Gasteiger partial charge is 0.381 e. The predicted molar refractivity (Wildman–Crippen MR) is 70.2 cm³/mol. The van der Waals surface area contributed by atoms with Crippen molar-refractivity contribution in [3.05, 3.63) is 35.9 Å². The van der Waals surface area contributed by atoms with E-state index in [2.05, 4.69) is 13.8 Å². The smallest absolute Gasteiger partial charge is 0.165 e. The second-order valence-electron chi connectivity index (χ2n) is 4.89. The van der Waals surface area contributed by atoms with Crippen molar-refractivity contribution in [2.24, 2.45) is 11.8 Å². The number of hydrogen-bond acceptors (Lipinski definition) is 2. The van der Waals surface area contributed by atoms with Gasteiger partial charge in [-0.15, -0.1) is 0 Å². The first kappa shape index (κ1) is 13.9. The molecular weight excluding hydrogens is 212 g/mol. The van der Waals surface area contributed by atoms with Crippen LogP contribution < -0.4 is 0 Å². The summed E-state index contributed by atoms with van der Waals surface area (Å²) in [6, 6.07) is 9.46. The maximum atomic E-state index is 12.0. The van der Waals surface area contributed by atoms with Crippen LogP contribution in [0.2, 0.25) is 0 Å². The van der Waals surface area contributed by atoms with Gasteiger partial charge in [0.2, 0.25) is 0 Å². The first-order valence-corrected chi connectivity index (χ1v) is 6.28. The van der Waals surface area contributed by atoms with Gasteiger partial charge in [-0.25, -0.2) is 0 Å². The minimum atomic E-state index is 0.0320. The maximum Gasteiger partial charge on any atom is 0.165 e. The van der Waals surface area contributed by atoms with Crippen LogP contribution in [-0.2, 0) is 4.74 Å². The van der Waals surface area contributed by atoms with E-state index in [0.29, 0.717) is 12.5 Å². The molecule has 2 nitrogen and oxygen atoms in total. The first-order valence-electron chi connectivity index (χ1n) is 6.28. The Kier molecular flexibility index (Phi) is 5.92. The van der Waals surface area contributed by atoms with E-state index in [0.717, 1.165) is 18.6 Å². The highest BCUT2D eigenvalue weighted by molar-refractivity contribution is 5.97. The molecule has 1 rings (SSSR count). The van der Waals surface area contributed by atoms with Crippen LogP contribution in [0.15, 0.2) is 30.3 Å². The molecule has 0 radical (unpaired) electrons. The number of ketones is 1. The van der Waals surface area contributed by atoms with Crippen LogP contribution in [0.3, 0.4) is 0 Å². The Labute approximate surface area is 104 Å². The average Bonchev–Trinajstić information content (AvgIpc) is 2.34. The fourth-order valence-corrected chi connectivity index (χ4v) is 1.60. The zero-order valence-corrected chi connectivity index (χ0v) is 11.0. The Balaban J connectivity index is 2.33. The standard InChI is InChI=1S/C15H22O2/c1-12(2)11-17-10-9-13(3)15(16)14-7-5-4-6-8-14/h4-8,12-13H,9-11H2,1-3H3. The molecule has 94 valence electrons. The Morgan fingerprint density at radius 3 is 2.41 bits per heavy atom. The summed E-state index contributed by atoms with van der Waals surface area (Å²) in [5.41, 5.74) is 0.795. The summed E-state index contributed by atoms with van der Waals surface area (Å²) in [5.74, 6) is 0.790. The van der Waals surface area contributed by atoms with Crippen molar-refractivity contribution < 1.29 is 9.53 Å². The lowest BCUT2D eigenvalue weighted by atomic mass is 9.97. The monoisotopic (exact) mass is 234 g/mol. The Hall–Kier alpha value is -1.15. The zero-order valence-electron chi connectivity index (χ0n) is 11.0. The highest BCUT2D eigenvalue weighted by atomic mass is 16.5. The summed E-state index contributed by atoms with van der Waals surface area (Å²) in [5, 5.41) is 0. The lowest BCUT2D eigenvalue weighted by molar-refractivity contribution is 0.0805. The number of carbonyl (C=O) groups is 1. The number of rotatable bonds is 7. The molecule has 0 heterocycles. The molecule has 2 heteroatoms.